The van der Waals surface area contributed by atoms with Crippen LogP contribution in [-0.4, -0.2) is 20.2 Å². The number of hydrogen-bond acceptors (Lipinski definition) is 3. The number of aromatic nitrogens is 4. The van der Waals surface area contributed by atoms with E-state index in [0.717, 1.165) is 28.0 Å². The zero-order valence-corrected chi connectivity index (χ0v) is 9.49. The van der Waals surface area contributed by atoms with Crippen molar-refractivity contribution in [3.05, 3.63) is 42.1 Å². The summed E-state index contributed by atoms with van der Waals surface area (Å²) in [7, 11) is 0. The highest BCUT2D eigenvalue weighted by Gasteiger charge is 2.04. The van der Waals surface area contributed by atoms with Gasteiger partial charge in [-0.05, 0) is 19.1 Å². The molecule has 3 aromatic rings. The Kier molecular flexibility index (Phi) is 2.29. The van der Waals surface area contributed by atoms with Gasteiger partial charge in [0.25, 0.3) is 0 Å². The van der Waals surface area contributed by atoms with Gasteiger partial charge in [0.2, 0.25) is 0 Å². The first-order chi connectivity index (χ1) is 8.34. The summed E-state index contributed by atoms with van der Waals surface area (Å²) in [6, 6.07) is 6.05. The fraction of sp³-hybridized carbons (Fsp3) is 0.167. The molecule has 5 heteroatoms. The molecule has 2 heterocycles. The Balaban J connectivity index is 1.86. The van der Waals surface area contributed by atoms with Gasteiger partial charge in [-0.1, -0.05) is 6.07 Å². The SMILES string of the molecule is Cc1[nH]cnc1CNc1cccc2[nH]ncc12. The average molecular weight is 227 g/mol. The smallest absolute Gasteiger partial charge is 0.0925 e. The fourth-order valence-corrected chi connectivity index (χ4v) is 1.87. The van der Waals surface area contributed by atoms with Gasteiger partial charge in [-0.15, -0.1) is 0 Å². The molecule has 0 aliphatic rings. The molecule has 3 rings (SSSR count). The van der Waals surface area contributed by atoms with E-state index in [1.165, 1.54) is 0 Å². The molecule has 3 N–H and O–H groups in total. The number of H-pyrrole nitrogens is 2. The van der Waals surface area contributed by atoms with Crippen LogP contribution in [0.3, 0.4) is 0 Å². The van der Waals surface area contributed by atoms with Crippen molar-refractivity contribution in [1.29, 1.82) is 0 Å². The summed E-state index contributed by atoms with van der Waals surface area (Å²) in [6.07, 6.45) is 3.54. The summed E-state index contributed by atoms with van der Waals surface area (Å²) >= 11 is 0. The number of anilines is 1. The third-order valence-corrected chi connectivity index (χ3v) is 2.87. The molecule has 0 aliphatic heterocycles. The molecule has 86 valence electrons. The number of aromatic amines is 2. The van der Waals surface area contributed by atoms with Gasteiger partial charge in [0.1, 0.15) is 0 Å². The lowest BCUT2D eigenvalue weighted by Crippen LogP contribution is -2.01. The second kappa shape index (κ2) is 3.93. The van der Waals surface area contributed by atoms with E-state index >= 15 is 0 Å². The quantitative estimate of drug-likeness (QED) is 0.642. The van der Waals surface area contributed by atoms with Crippen LogP contribution in [0, 0.1) is 6.92 Å². The van der Waals surface area contributed by atoms with Crippen molar-refractivity contribution in [2.24, 2.45) is 0 Å². The Labute approximate surface area is 98.3 Å². The molecule has 5 nitrogen and oxygen atoms in total. The van der Waals surface area contributed by atoms with Gasteiger partial charge in [-0.25, -0.2) is 4.98 Å². The van der Waals surface area contributed by atoms with Gasteiger partial charge < -0.3 is 10.3 Å². The molecule has 0 saturated carbocycles. The molecule has 1 aromatic carbocycles. The molecular formula is C12H13N5. The minimum atomic E-state index is 0.708. The first-order valence-electron chi connectivity index (χ1n) is 5.49. The number of benzene rings is 1. The van der Waals surface area contributed by atoms with Crippen molar-refractivity contribution in [2.75, 3.05) is 5.32 Å². The van der Waals surface area contributed by atoms with E-state index in [1.54, 1.807) is 6.33 Å². The number of imidazole rings is 1. The summed E-state index contributed by atoms with van der Waals surface area (Å²) < 4.78 is 0. The van der Waals surface area contributed by atoms with Gasteiger partial charge in [-0.3, -0.25) is 5.10 Å². The van der Waals surface area contributed by atoms with Crippen LogP contribution < -0.4 is 5.32 Å². The van der Waals surface area contributed by atoms with Crippen LogP contribution in [0.1, 0.15) is 11.4 Å². The standard InChI is InChI=1S/C12H13N5/c1-8-12(15-7-14-8)6-13-10-3-2-4-11-9(10)5-16-17-11/h2-5,7,13H,6H2,1H3,(H,14,15)(H,16,17). The van der Waals surface area contributed by atoms with Gasteiger partial charge in [0.05, 0.1) is 30.3 Å². The van der Waals surface area contributed by atoms with Gasteiger partial charge in [0.15, 0.2) is 0 Å². The molecule has 2 aromatic heterocycles. The lowest BCUT2D eigenvalue weighted by molar-refractivity contribution is 1.05. The molecular weight excluding hydrogens is 214 g/mol. The van der Waals surface area contributed by atoms with Crippen molar-refractivity contribution in [3.63, 3.8) is 0 Å². The van der Waals surface area contributed by atoms with Crippen molar-refractivity contribution in [1.82, 2.24) is 20.2 Å². The summed E-state index contributed by atoms with van der Waals surface area (Å²) in [5.74, 6) is 0. The van der Waals surface area contributed by atoms with Crippen molar-refractivity contribution in [3.8, 4) is 0 Å². The van der Waals surface area contributed by atoms with Crippen molar-refractivity contribution >= 4 is 16.6 Å². The Bertz CT molecular complexity index is 637. The maximum absolute atomic E-state index is 4.26. The number of aryl methyl sites for hydroxylation is 1. The first kappa shape index (κ1) is 9.89. The largest absolute Gasteiger partial charge is 0.379 e. The van der Waals surface area contributed by atoms with Gasteiger partial charge >= 0.3 is 0 Å². The highest BCUT2D eigenvalue weighted by molar-refractivity contribution is 5.90. The third kappa shape index (κ3) is 1.75. The predicted octanol–water partition coefficient (Wildman–Crippen LogP) is 2.21. The van der Waals surface area contributed by atoms with E-state index in [-0.39, 0.29) is 0 Å². The molecule has 0 spiro atoms. The van der Waals surface area contributed by atoms with E-state index < -0.39 is 0 Å². The summed E-state index contributed by atoms with van der Waals surface area (Å²) in [4.78, 5) is 7.32. The van der Waals surface area contributed by atoms with E-state index in [1.807, 2.05) is 31.3 Å². The van der Waals surface area contributed by atoms with Crippen molar-refractivity contribution in [2.45, 2.75) is 13.5 Å². The van der Waals surface area contributed by atoms with Crippen LogP contribution in [-0.2, 0) is 6.54 Å². The molecule has 0 saturated heterocycles. The van der Waals surface area contributed by atoms with Gasteiger partial charge in [-0.2, -0.15) is 5.10 Å². The molecule has 0 amide bonds. The zero-order valence-electron chi connectivity index (χ0n) is 9.49. The number of nitrogens with one attached hydrogen (secondary N) is 3. The number of nitrogens with zero attached hydrogens (tertiary/aromatic N) is 2. The molecule has 0 radical (unpaired) electrons. The summed E-state index contributed by atoms with van der Waals surface area (Å²) in [5.41, 5.74) is 4.23. The molecule has 0 bridgehead atoms. The fourth-order valence-electron chi connectivity index (χ4n) is 1.87. The zero-order chi connectivity index (χ0) is 11.7. The average Bonchev–Trinajstić information content (AvgIpc) is 2.95. The van der Waals surface area contributed by atoms with E-state index in [2.05, 4.69) is 25.5 Å². The van der Waals surface area contributed by atoms with E-state index in [0.29, 0.717) is 6.54 Å². The molecule has 0 aliphatic carbocycles. The Hall–Kier alpha value is -2.30. The summed E-state index contributed by atoms with van der Waals surface area (Å²) in [6.45, 7) is 2.72. The predicted molar refractivity (Wildman–Crippen MR) is 66.7 cm³/mol. The van der Waals surface area contributed by atoms with Gasteiger partial charge in [0, 0.05) is 16.8 Å². The highest BCUT2D eigenvalue weighted by Crippen LogP contribution is 2.21. The van der Waals surface area contributed by atoms with Crippen LogP contribution >= 0.6 is 0 Å². The van der Waals surface area contributed by atoms with Crippen LogP contribution in [0.25, 0.3) is 10.9 Å². The maximum atomic E-state index is 4.26. The maximum Gasteiger partial charge on any atom is 0.0925 e. The lowest BCUT2D eigenvalue weighted by Gasteiger charge is -2.06. The van der Waals surface area contributed by atoms with Crippen LogP contribution in [0.4, 0.5) is 5.69 Å². The van der Waals surface area contributed by atoms with E-state index in [9.17, 15) is 0 Å². The minimum Gasteiger partial charge on any atom is -0.379 e. The monoisotopic (exact) mass is 227 g/mol. The topological polar surface area (TPSA) is 69.4 Å². The summed E-state index contributed by atoms with van der Waals surface area (Å²) in [5, 5.41) is 11.5. The molecule has 17 heavy (non-hydrogen) atoms. The third-order valence-electron chi connectivity index (χ3n) is 2.87. The molecule has 0 fully saturated rings. The molecule has 0 unspecified atom stereocenters. The Morgan fingerprint density at radius 2 is 2.29 bits per heavy atom. The number of rotatable bonds is 3. The second-order valence-electron chi connectivity index (χ2n) is 3.96. The Morgan fingerprint density at radius 1 is 1.35 bits per heavy atom. The molecule has 0 atom stereocenters. The number of hydrogen-bond donors (Lipinski definition) is 3. The normalized spacial score (nSPS) is 10.9. The second-order valence-corrected chi connectivity index (χ2v) is 3.96. The Morgan fingerprint density at radius 3 is 3.12 bits per heavy atom. The van der Waals surface area contributed by atoms with Crippen molar-refractivity contribution < 1.29 is 0 Å². The van der Waals surface area contributed by atoms with E-state index in [4.69, 9.17) is 0 Å². The van der Waals surface area contributed by atoms with Crippen LogP contribution in [0.2, 0.25) is 0 Å². The minimum absolute atomic E-state index is 0.708. The lowest BCUT2D eigenvalue weighted by atomic mass is 10.2. The van der Waals surface area contributed by atoms with Crippen LogP contribution in [0.5, 0.6) is 0 Å². The highest BCUT2D eigenvalue weighted by atomic mass is 15.1. The van der Waals surface area contributed by atoms with Crippen LogP contribution in [0.15, 0.2) is 30.7 Å². The number of fused-ring (bicyclic) bond motifs is 1. The first-order valence-corrected chi connectivity index (χ1v) is 5.49.